The Bertz CT molecular complexity index is 465. The predicted molar refractivity (Wildman–Crippen MR) is 47.5 cm³/mol. The van der Waals surface area contributed by atoms with Crippen molar-refractivity contribution in [2.75, 3.05) is 0 Å². The van der Waals surface area contributed by atoms with Crippen LogP contribution in [-0.2, 0) is 0 Å². The number of H-pyrrole nitrogens is 1. The second kappa shape index (κ2) is 3.51. The number of hydrogen-bond acceptors (Lipinski definition) is 3. The lowest BCUT2D eigenvalue weighted by molar-refractivity contribution is 0.0689. The Morgan fingerprint density at radius 1 is 1.50 bits per heavy atom. The van der Waals surface area contributed by atoms with E-state index < -0.39 is 23.1 Å². The van der Waals surface area contributed by atoms with Crippen LogP contribution in [0.2, 0.25) is 5.02 Å². The standard InChI is InChI=1S/C7H5ClN2O4/c8-3-1-2(5(9)11)6(12)10-4(3)7(13)14/h1H,(H2,9,11)(H,10,12)(H,13,14). The summed E-state index contributed by atoms with van der Waals surface area (Å²) in [6, 6.07) is 0.923. The molecule has 1 heterocycles. The van der Waals surface area contributed by atoms with Gasteiger partial charge in [-0.05, 0) is 6.07 Å². The van der Waals surface area contributed by atoms with Gasteiger partial charge in [0, 0.05) is 0 Å². The quantitative estimate of drug-likeness (QED) is 0.637. The second-order valence-electron chi connectivity index (χ2n) is 2.40. The van der Waals surface area contributed by atoms with E-state index in [1.54, 1.807) is 0 Å². The molecular formula is C7H5ClN2O4. The van der Waals surface area contributed by atoms with E-state index in [1.807, 2.05) is 4.98 Å². The molecule has 0 aliphatic rings. The summed E-state index contributed by atoms with van der Waals surface area (Å²) in [6.45, 7) is 0. The lowest BCUT2D eigenvalue weighted by Crippen LogP contribution is -2.25. The van der Waals surface area contributed by atoms with E-state index in [1.165, 1.54) is 0 Å². The van der Waals surface area contributed by atoms with E-state index in [0.29, 0.717) is 0 Å². The summed E-state index contributed by atoms with van der Waals surface area (Å²) < 4.78 is 0. The number of rotatable bonds is 2. The number of carbonyl (C=O) groups is 2. The van der Waals surface area contributed by atoms with Crippen molar-refractivity contribution in [3.8, 4) is 0 Å². The Kier molecular flexibility index (Phi) is 2.57. The Labute approximate surface area is 82.3 Å². The number of aromatic nitrogens is 1. The summed E-state index contributed by atoms with van der Waals surface area (Å²) in [5, 5.41) is 8.30. The lowest BCUT2D eigenvalue weighted by atomic mass is 10.2. The van der Waals surface area contributed by atoms with Gasteiger partial charge in [-0.25, -0.2) is 4.79 Å². The lowest BCUT2D eigenvalue weighted by Gasteiger charge is -1.99. The van der Waals surface area contributed by atoms with E-state index >= 15 is 0 Å². The fourth-order valence-electron chi connectivity index (χ4n) is 0.844. The molecule has 0 spiro atoms. The summed E-state index contributed by atoms with van der Waals surface area (Å²) in [5.74, 6) is -2.35. The fraction of sp³-hybridized carbons (Fsp3) is 0. The molecule has 1 amide bonds. The van der Waals surface area contributed by atoms with Crippen molar-refractivity contribution in [3.05, 3.63) is 32.7 Å². The SMILES string of the molecule is NC(=O)c1cc(Cl)c(C(=O)O)[nH]c1=O. The van der Waals surface area contributed by atoms with Crippen LogP contribution < -0.4 is 11.3 Å². The van der Waals surface area contributed by atoms with Crippen LogP contribution in [0.4, 0.5) is 0 Å². The normalized spacial score (nSPS) is 9.79. The molecule has 0 unspecified atom stereocenters. The molecular weight excluding hydrogens is 212 g/mol. The number of primary amides is 1. The highest BCUT2D eigenvalue weighted by molar-refractivity contribution is 6.33. The van der Waals surface area contributed by atoms with E-state index in [0.717, 1.165) is 6.07 Å². The minimum absolute atomic E-state index is 0.245. The number of hydrogen-bond donors (Lipinski definition) is 3. The van der Waals surface area contributed by atoms with Gasteiger partial charge in [-0.2, -0.15) is 0 Å². The molecule has 0 bridgehead atoms. The zero-order valence-electron chi connectivity index (χ0n) is 6.70. The van der Waals surface area contributed by atoms with Gasteiger partial charge in [0.2, 0.25) is 0 Å². The van der Waals surface area contributed by atoms with Crippen molar-refractivity contribution >= 4 is 23.5 Å². The van der Waals surface area contributed by atoms with Gasteiger partial charge >= 0.3 is 5.97 Å². The number of amides is 1. The highest BCUT2D eigenvalue weighted by atomic mass is 35.5. The van der Waals surface area contributed by atoms with E-state index in [4.69, 9.17) is 22.4 Å². The summed E-state index contributed by atoms with van der Waals surface area (Å²) in [7, 11) is 0. The van der Waals surface area contributed by atoms with Crippen molar-refractivity contribution in [2.45, 2.75) is 0 Å². The number of nitrogens with two attached hydrogens (primary N) is 1. The van der Waals surface area contributed by atoms with Gasteiger partial charge in [-0.3, -0.25) is 9.59 Å². The van der Waals surface area contributed by atoms with Gasteiger partial charge in [0.1, 0.15) is 11.3 Å². The average Bonchev–Trinajstić information content (AvgIpc) is 2.07. The van der Waals surface area contributed by atoms with E-state index in [-0.39, 0.29) is 10.6 Å². The third-order valence-electron chi connectivity index (χ3n) is 1.47. The maximum absolute atomic E-state index is 11.1. The number of carboxylic acid groups (broad SMARTS) is 1. The molecule has 14 heavy (non-hydrogen) atoms. The summed E-state index contributed by atoms with van der Waals surface area (Å²) >= 11 is 5.48. The van der Waals surface area contributed by atoms with E-state index in [2.05, 4.69) is 0 Å². The summed E-state index contributed by atoms with van der Waals surface area (Å²) in [4.78, 5) is 34.1. The maximum Gasteiger partial charge on any atom is 0.353 e. The van der Waals surface area contributed by atoms with Gasteiger partial charge in [-0.15, -0.1) is 0 Å². The summed E-state index contributed by atoms with van der Waals surface area (Å²) in [6.07, 6.45) is 0. The molecule has 0 atom stereocenters. The highest BCUT2D eigenvalue weighted by Crippen LogP contribution is 2.12. The molecule has 4 N–H and O–H groups in total. The van der Waals surface area contributed by atoms with Crippen molar-refractivity contribution in [3.63, 3.8) is 0 Å². The highest BCUT2D eigenvalue weighted by Gasteiger charge is 2.15. The molecule has 0 radical (unpaired) electrons. The van der Waals surface area contributed by atoms with Crippen LogP contribution in [0.5, 0.6) is 0 Å². The van der Waals surface area contributed by atoms with Crippen molar-refractivity contribution in [1.29, 1.82) is 0 Å². The number of aromatic carboxylic acids is 1. The minimum Gasteiger partial charge on any atom is -0.477 e. The van der Waals surface area contributed by atoms with Gasteiger partial charge in [0.05, 0.1) is 5.02 Å². The molecule has 0 fully saturated rings. The Morgan fingerprint density at radius 3 is 2.50 bits per heavy atom. The van der Waals surface area contributed by atoms with Crippen LogP contribution in [-0.4, -0.2) is 22.0 Å². The van der Waals surface area contributed by atoms with Crippen molar-refractivity contribution in [2.24, 2.45) is 5.73 Å². The van der Waals surface area contributed by atoms with Gasteiger partial charge in [0.25, 0.3) is 11.5 Å². The Balaban J connectivity index is 3.46. The molecule has 0 saturated carbocycles. The van der Waals surface area contributed by atoms with Crippen LogP contribution in [0.3, 0.4) is 0 Å². The topological polar surface area (TPSA) is 113 Å². The number of nitrogens with one attached hydrogen (secondary N) is 1. The average molecular weight is 217 g/mol. The van der Waals surface area contributed by atoms with Crippen LogP contribution in [0.25, 0.3) is 0 Å². The van der Waals surface area contributed by atoms with E-state index in [9.17, 15) is 14.4 Å². The largest absolute Gasteiger partial charge is 0.477 e. The first kappa shape index (κ1) is 10.3. The maximum atomic E-state index is 11.1. The van der Waals surface area contributed by atoms with Crippen molar-refractivity contribution < 1.29 is 14.7 Å². The molecule has 6 nitrogen and oxygen atoms in total. The Morgan fingerprint density at radius 2 is 2.07 bits per heavy atom. The molecule has 1 aromatic rings. The third kappa shape index (κ3) is 1.74. The van der Waals surface area contributed by atoms with Crippen LogP contribution in [0.15, 0.2) is 10.9 Å². The molecule has 0 aliphatic carbocycles. The predicted octanol–water partition coefficient (Wildman–Crippen LogP) is -0.175. The molecule has 1 aromatic heterocycles. The first-order valence-electron chi connectivity index (χ1n) is 3.39. The smallest absolute Gasteiger partial charge is 0.353 e. The number of carboxylic acids is 1. The molecule has 0 aromatic carbocycles. The molecule has 7 heteroatoms. The van der Waals surface area contributed by atoms with Gasteiger partial charge in [0.15, 0.2) is 0 Å². The minimum atomic E-state index is -1.39. The molecule has 0 saturated heterocycles. The molecule has 1 rings (SSSR count). The van der Waals surface area contributed by atoms with Gasteiger partial charge in [-0.1, -0.05) is 11.6 Å². The molecule has 74 valence electrons. The second-order valence-corrected chi connectivity index (χ2v) is 2.81. The molecule has 0 aliphatic heterocycles. The number of pyridine rings is 1. The third-order valence-corrected chi connectivity index (χ3v) is 1.77. The number of aromatic amines is 1. The Hall–Kier alpha value is -1.82. The zero-order valence-corrected chi connectivity index (χ0v) is 7.46. The summed E-state index contributed by atoms with van der Waals surface area (Å²) in [5.41, 5.74) is 3.12. The van der Waals surface area contributed by atoms with Crippen LogP contribution >= 0.6 is 11.6 Å². The van der Waals surface area contributed by atoms with Crippen LogP contribution in [0.1, 0.15) is 20.8 Å². The number of carbonyl (C=O) groups excluding carboxylic acids is 1. The van der Waals surface area contributed by atoms with Gasteiger partial charge < -0.3 is 15.8 Å². The van der Waals surface area contributed by atoms with Crippen molar-refractivity contribution in [1.82, 2.24) is 4.98 Å². The first-order chi connectivity index (χ1) is 6.43. The monoisotopic (exact) mass is 216 g/mol. The fourth-order valence-corrected chi connectivity index (χ4v) is 1.08. The first-order valence-corrected chi connectivity index (χ1v) is 3.77. The number of halogens is 1. The zero-order chi connectivity index (χ0) is 10.9. The van der Waals surface area contributed by atoms with Crippen LogP contribution in [0, 0.1) is 0 Å².